The molecule has 0 aliphatic heterocycles. The van der Waals surface area contributed by atoms with Gasteiger partial charge in [0.1, 0.15) is 0 Å². The fraction of sp³-hybridized carbons (Fsp3) is 0.417. The van der Waals surface area contributed by atoms with Crippen LogP contribution in [0.15, 0.2) is 24.3 Å². The van der Waals surface area contributed by atoms with Gasteiger partial charge in [0.2, 0.25) is 11.3 Å². The van der Waals surface area contributed by atoms with Crippen LogP contribution in [0.4, 0.5) is 45.2 Å². The first-order chi connectivity index (χ1) is 10.1. The lowest BCUT2D eigenvalue weighted by atomic mass is 9.87. The molecule has 23 heavy (non-hydrogen) atoms. The van der Waals surface area contributed by atoms with Crippen LogP contribution in [0.25, 0.3) is 0 Å². The summed E-state index contributed by atoms with van der Waals surface area (Å²) in [6.45, 7) is -0.393. The van der Waals surface area contributed by atoms with Crippen molar-refractivity contribution < 1.29 is 44.3 Å². The average Bonchev–Trinajstić information content (AvgIpc) is 2.34. The minimum atomic E-state index is -5.99. The molecule has 0 atom stereocenters. The minimum Gasteiger partial charge on any atom is -0.325 e. The quantitative estimate of drug-likeness (QED) is 0.762. The number of halogens is 9. The summed E-state index contributed by atoms with van der Waals surface area (Å²) in [5.41, 5.74) is -6.95. The molecule has 0 aliphatic rings. The van der Waals surface area contributed by atoms with Gasteiger partial charge >= 0.3 is 18.5 Å². The Morgan fingerprint density at radius 2 is 1.39 bits per heavy atom. The first-order valence-corrected chi connectivity index (χ1v) is 5.73. The van der Waals surface area contributed by atoms with Crippen LogP contribution in [-0.4, -0.2) is 18.3 Å². The maximum atomic E-state index is 12.7. The molecule has 2 nitrogen and oxygen atoms in total. The molecular formula is C12H8F9NO. The van der Waals surface area contributed by atoms with E-state index in [9.17, 15) is 44.3 Å². The predicted octanol–water partition coefficient (Wildman–Crippen LogP) is 4.77. The Kier molecular flexibility index (Phi) is 4.66. The summed E-state index contributed by atoms with van der Waals surface area (Å²) in [5.74, 6) is -2.53. The topological polar surface area (TPSA) is 29.1 Å². The maximum Gasteiger partial charge on any atom is 0.416 e. The van der Waals surface area contributed by atoms with E-state index in [4.69, 9.17) is 0 Å². The van der Waals surface area contributed by atoms with E-state index in [2.05, 4.69) is 0 Å². The summed E-state index contributed by atoms with van der Waals surface area (Å²) >= 11 is 0. The summed E-state index contributed by atoms with van der Waals surface area (Å²) in [6.07, 6.45) is -16.9. The van der Waals surface area contributed by atoms with E-state index in [1.165, 1.54) is 5.32 Å². The lowest BCUT2D eigenvalue weighted by Crippen LogP contribution is -2.55. The van der Waals surface area contributed by atoms with Crippen LogP contribution in [0.2, 0.25) is 0 Å². The molecule has 0 saturated heterocycles. The normalized spacial score (nSPS) is 13.8. The van der Waals surface area contributed by atoms with Crippen LogP contribution < -0.4 is 5.32 Å². The van der Waals surface area contributed by atoms with Gasteiger partial charge in [-0.25, -0.2) is 0 Å². The second kappa shape index (κ2) is 5.60. The second-order valence-electron chi connectivity index (χ2n) is 4.65. The number of hydrogen-bond donors (Lipinski definition) is 1. The van der Waals surface area contributed by atoms with Gasteiger partial charge in [0, 0.05) is 5.69 Å². The molecule has 0 saturated carbocycles. The number of anilines is 1. The van der Waals surface area contributed by atoms with Gasteiger partial charge < -0.3 is 5.32 Å². The summed E-state index contributed by atoms with van der Waals surface area (Å²) in [5, 5.41) is 1.23. The fourth-order valence-electron chi connectivity index (χ4n) is 1.45. The Bertz CT molecular complexity index is 571. The maximum absolute atomic E-state index is 12.7. The van der Waals surface area contributed by atoms with E-state index in [1.807, 2.05) is 0 Å². The first kappa shape index (κ1) is 19.1. The van der Waals surface area contributed by atoms with Gasteiger partial charge in [0.25, 0.3) is 0 Å². The van der Waals surface area contributed by atoms with E-state index in [1.54, 1.807) is 0 Å². The molecule has 0 heterocycles. The van der Waals surface area contributed by atoms with Crippen molar-refractivity contribution >= 4 is 11.6 Å². The highest BCUT2D eigenvalue weighted by Crippen LogP contribution is 2.50. The van der Waals surface area contributed by atoms with Crippen molar-refractivity contribution in [3.8, 4) is 0 Å². The molecule has 1 aromatic rings. The number of carbonyl (C=O) groups excluding carboxylic acids is 1. The number of rotatable bonds is 2. The highest BCUT2D eigenvalue weighted by Gasteiger charge is 2.72. The van der Waals surface area contributed by atoms with Crippen LogP contribution in [0.1, 0.15) is 12.5 Å². The van der Waals surface area contributed by atoms with Gasteiger partial charge in [0.15, 0.2) is 0 Å². The Morgan fingerprint density at radius 1 is 0.913 bits per heavy atom. The van der Waals surface area contributed by atoms with Crippen molar-refractivity contribution in [3.05, 3.63) is 29.8 Å². The van der Waals surface area contributed by atoms with E-state index < -0.39 is 48.0 Å². The zero-order valence-corrected chi connectivity index (χ0v) is 11.1. The number of alkyl halides is 9. The largest absolute Gasteiger partial charge is 0.416 e. The highest BCUT2D eigenvalue weighted by atomic mass is 19.4. The monoisotopic (exact) mass is 353 g/mol. The molecule has 0 fully saturated rings. The Morgan fingerprint density at radius 3 is 1.78 bits per heavy atom. The van der Waals surface area contributed by atoms with Gasteiger partial charge in [-0.3, -0.25) is 4.79 Å². The van der Waals surface area contributed by atoms with Crippen LogP contribution in [0, 0.1) is 5.41 Å². The average molecular weight is 353 g/mol. The van der Waals surface area contributed by atoms with Crippen molar-refractivity contribution in [1.29, 1.82) is 0 Å². The zero-order valence-electron chi connectivity index (χ0n) is 11.1. The van der Waals surface area contributed by atoms with Gasteiger partial charge in [-0.1, -0.05) is 6.07 Å². The van der Waals surface area contributed by atoms with Crippen LogP contribution in [-0.2, 0) is 11.0 Å². The molecule has 0 bridgehead atoms. The number of nitrogens with one attached hydrogen (secondary N) is 1. The molecule has 0 spiro atoms. The summed E-state index contributed by atoms with van der Waals surface area (Å²) in [7, 11) is 0. The van der Waals surface area contributed by atoms with Crippen molar-refractivity contribution in [2.75, 3.05) is 5.32 Å². The van der Waals surface area contributed by atoms with E-state index >= 15 is 0 Å². The van der Waals surface area contributed by atoms with Gasteiger partial charge in [-0.05, 0) is 25.1 Å². The van der Waals surface area contributed by atoms with Gasteiger partial charge in [0.05, 0.1) is 5.56 Å². The lowest BCUT2D eigenvalue weighted by molar-refractivity contribution is -0.317. The third kappa shape index (κ3) is 3.70. The molecule has 0 radical (unpaired) electrons. The second-order valence-corrected chi connectivity index (χ2v) is 4.65. The smallest absolute Gasteiger partial charge is 0.325 e. The number of hydrogen-bond acceptors (Lipinski definition) is 1. The molecule has 0 aromatic heterocycles. The third-order valence-electron chi connectivity index (χ3n) is 3.04. The Labute approximate surface area is 123 Å². The summed E-state index contributed by atoms with van der Waals surface area (Å²) in [4.78, 5) is 11.5. The van der Waals surface area contributed by atoms with Crippen molar-refractivity contribution in [2.24, 2.45) is 5.41 Å². The first-order valence-electron chi connectivity index (χ1n) is 5.73. The van der Waals surface area contributed by atoms with Crippen molar-refractivity contribution in [3.63, 3.8) is 0 Å². The molecule has 0 aliphatic carbocycles. The van der Waals surface area contributed by atoms with E-state index in [0.29, 0.717) is 6.07 Å². The Hall–Kier alpha value is -1.94. The zero-order chi connectivity index (χ0) is 18.3. The summed E-state index contributed by atoms with van der Waals surface area (Å²) in [6, 6.07) is 2.24. The lowest BCUT2D eigenvalue weighted by Gasteiger charge is -2.32. The van der Waals surface area contributed by atoms with E-state index in [-0.39, 0.29) is 6.07 Å². The van der Waals surface area contributed by atoms with E-state index in [0.717, 1.165) is 12.1 Å². The molecule has 130 valence electrons. The molecule has 1 N–H and O–H groups in total. The van der Waals surface area contributed by atoms with Crippen LogP contribution in [0.3, 0.4) is 0 Å². The Balaban J connectivity index is 3.20. The van der Waals surface area contributed by atoms with Crippen LogP contribution >= 0.6 is 0 Å². The molecule has 1 aromatic carbocycles. The summed E-state index contributed by atoms with van der Waals surface area (Å²) < 4.78 is 113. The predicted molar refractivity (Wildman–Crippen MR) is 60.3 cm³/mol. The molecule has 1 rings (SSSR count). The fourth-order valence-corrected chi connectivity index (χ4v) is 1.45. The van der Waals surface area contributed by atoms with Crippen molar-refractivity contribution in [1.82, 2.24) is 0 Å². The molecular weight excluding hydrogens is 345 g/mol. The van der Waals surface area contributed by atoms with Gasteiger partial charge in [-0.15, -0.1) is 0 Å². The standard InChI is InChI=1S/C12H8F9NO/c1-9(11(16,17)18,12(19,20)21)8(23)22-7-4-2-3-6(5-7)10(13,14)15/h2-5H,1H3,(H,22,23). The number of benzene rings is 1. The minimum absolute atomic E-state index is 0.227. The number of carbonyl (C=O) groups is 1. The highest BCUT2D eigenvalue weighted by molar-refractivity contribution is 5.96. The molecule has 11 heteroatoms. The third-order valence-corrected chi connectivity index (χ3v) is 3.04. The molecule has 1 amide bonds. The van der Waals surface area contributed by atoms with Crippen molar-refractivity contribution in [2.45, 2.75) is 25.5 Å². The van der Waals surface area contributed by atoms with Gasteiger partial charge in [-0.2, -0.15) is 39.5 Å². The SMILES string of the molecule is CC(C(=O)Nc1cccc(C(F)(F)F)c1)(C(F)(F)F)C(F)(F)F. The van der Waals surface area contributed by atoms with Crippen LogP contribution in [0.5, 0.6) is 0 Å². The molecule has 0 unspecified atom stereocenters. The number of amides is 1.